The van der Waals surface area contributed by atoms with Gasteiger partial charge in [-0.3, -0.25) is 4.90 Å². The zero-order valence-corrected chi connectivity index (χ0v) is 10.7. The molecule has 0 saturated carbocycles. The first-order valence-corrected chi connectivity index (χ1v) is 5.58. The molecule has 16 heavy (non-hydrogen) atoms. The van der Waals surface area contributed by atoms with E-state index in [0.717, 1.165) is 34.9 Å². The zero-order valence-electron chi connectivity index (χ0n) is 9.96. The van der Waals surface area contributed by atoms with Crippen molar-refractivity contribution in [2.75, 3.05) is 27.4 Å². The van der Waals surface area contributed by atoms with Crippen molar-refractivity contribution >= 4 is 11.6 Å². The molecule has 0 bridgehead atoms. The van der Waals surface area contributed by atoms with Crippen LogP contribution in [-0.4, -0.2) is 37.4 Å². The van der Waals surface area contributed by atoms with Gasteiger partial charge < -0.3 is 9.84 Å². The van der Waals surface area contributed by atoms with Crippen molar-refractivity contribution in [3.8, 4) is 5.75 Å². The number of aliphatic hydroxyl groups is 1. The first-order chi connectivity index (χ1) is 7.58. The van der Waals surface area contributed by atoms with E-state index in [1.165, 1.54) is 0 Å². The molecule has 0 heterocycles. The highest BCUT2D eigenvalue weighted by Gasteiger charge is 2.08. The summed E-state index contributed by atoms with van der Waals surface area (Å²) in [5.41, 5.74) is 2.12. The summed E-state index contributed by atoms with van der Waals surface area (Å²) < 4.78 is 5.36. The molecule has 0 unspecified atom stereocenters. The number of likely N-dealkylation sites (N-methyl/N-ethyl adjacent to an activating group) is 1. The predicted octanol–water partition coefficient (Wildman–Crippen LogP) is 2.08. The fourth-order valence-electron chi connectivity index (χ4n) is 1.66. The molecule has 0 aromatic heterocycles. The molecule has 0 fully saturated rings. The topological polar surface area (TPSA) is 32.7 Å². The summed E-state index contributed by atoms with van der Waals surface area (Å²) in [4.78, 5) is 1.83. The number of halogens is 1. The van der Waals surface area contributed by atoms with Crippen molar-refractivity contribution in [3.63, 3.8) is 0 Å². The van der Waals surface area contributed by atoms with E-state index in [2.05, 4.69) is 0 Å². The Labute approximate surface area is 102 Å². The molecule has 1 N–H and O–H groups in total. The van der Waals surface area contributed by atoms with Crippen LogP contribution in [0, 0.1) is 6.92 Å². The van der Waals surface area contributed by atoms with Gasteiger partial charge in [0, 0.05) is 11.6 Å². The summed E-state index contributed by atoms with van der Waals surface area (Å²) >= 11 is 6.01. The van der Waals surface area contributed by atoms with Crippen molar-refractivity contribution in [3.05, 3.63) is 28.3 Å². The number of methoxy groups -OCH3 is 1. The van der Waals surface area contributed by atoms with E-state index >= 15 is 0 Å². The minimum Gasteiger partial charge on any atom is -0.496 e. The predicted molar refractivity (Wildman–Crippen MR) is 66.2 cm³/mol. The molecular weight excluding hydrogens is 226 g/mol. The Bertz CT molecular complexity index is 355. The highest BCUT2D eigenvalue weighted by atomic mass is 35.5. The van der Waals surface area contributed by atoms with Crippen molar-refractivity contribution in [1.82, 2.24) is 4.90 Å². The second-order valence-corrected chi connectivity index (χ2v) is 4.32. The monoisotopic (exact) mass is 243 g/mol. The molecule has 0 atom stereocenters. The van der Waals surface area contributed by atoms with Crippen molar-refractivity contribution < 1.29 is 9.84 Å². The number of rotatable bonds is 5. The van der Waals surface area contributed by atoms with Crippen LogP contribution in [0.25, 0.3) is 0 Å². The summed E-state index contributed by atoms with van der Waals surface area (Å²) in [6, 6.07) is 3.80. The number of hydrogen-bond acceptors (Lipinski definition) is 3. The Kier molecular flexibility index (Phi) is 5.06. The number of ether oxygens (including phenoxy) is 1. The first kappa shape index (κ1) is 13.3. The second kappa shape index (κ2) is 6.09. The van der Waals surface area contributed by atoms with Crippen LogP contribution >= 0.6 is 11.6 Å². The minimum atomic E-state index is 0.0574. The molecule has 0 aliphatic heterocycles. The normalized spacial score (nSPS) is 10.9. The maximum atomic E-state index is 8.92. The molecule has 90 valence electrons. The third-order valence-corrected chi connectivity index (χ3v) is 2.74. The van der Waals surface area contributed by atoms with E-state index in [4.69, 9.17) is 21.4 Å². The van der Waals surface area contributed by atoms with Gasteiger partial charge in [0.1, 0.15) is 5.75 Å². The van der Waals surface area contributed by atoms with Gasteiger partial charge in [-0.25, -0.2) is 0 Å². The Morgan fingerprint density at radius 3 is 2.69 bits per heavy atom. The van der Waals surface area contributed by atoms with Crippen molar-refractivity contribution in [2.24, 2.45) is 0 Å². The molecule has 1 aromatic carbocycles. The molecule has 0 radical (unpaired) electrons. The lowest BCUT2D eigenvalue weighted by Crippen LogP contribution is -2.22. The fraction of sp³-hybridized carbons (Fsp3) is 0.500. The van der Waals surface area contributed by atoms with E-state index < -0.39 is 0 Å². The largest absolute Gasteiger partial charge is 0.496 e. The molecule has 0 aliphatic carbocycles. The highest BCUT2D eigenvalue weighted by Crippen LogP contribution is 2.27. The highest BCUT2D eigenvalue weighted by molar-refractivity contribution is 6.30. The van der Waals surface area contributed by atoms with E-state index in [0.29, 0.717) is 0 Å². The third kappa shape index (κ3) is 3.37. The van der Waals surface area contributed by atoms with Gasteiger partial charge in [-0.15, -0.1) is 0 Å². The molecule has 3 nitrogen and oxygen atoms in total. The third-order valence-electron chi connectivity index (χ3n) is 2.52. The van der Waals surface area contributed by atoms with Gasteiger partial charge in [-0.05, 0) is 43.7 Å². The number of benzene rings is 1. The summed E-state index contributed by atoms with van der Waals surface area (Å²) in [5.74, 6) is 0.885. The van der Waals surface area contributed by atoms with Gasteiger partial charge in [-0.2, -0.15) is 0 Å². The molecule has 1 aromatic rings. The number of hydrogen-bond donors (Lipinski definition) is 1. The maximum absolute atomic E-state index is 8.92. The molecule has 0 amide bonds. The quantitative estimate of drug-likeness (QED) is 0.804. The van der Waals surface area contributed by atoms with Gasteiger partial charge in [0.25, 0.3) is 0 Å². The summed E-state index contributed by atoms with van der Waals surface area (Å²) in [6.07, 6.45) is 0.807. The van der Waals surface area contributed by atoms with Crippen LogP contribution in [0.1, 0.15) is 11.1 Å². The number of nitrogens with zero attached hydrogens (tertiary/aromatic N) is 1. The Hall–Kier alpha value is -0.770. The fourth-order valence-corrected chi connectivity index (χ4v) is 1.95. The van der Waals surface area contributed by atoms with Crippen LogP contribution in [0.4, 0.5) is 0 Å². The zero-order chi connectivity index (χ0) is 12.1. The SMILES string of the molecule is COc1c(C)cc(Cl)cc1CCN(C)CO. The number of aryl methyl sites for hydroxylation is 1. The Balaban J connectivity index is 2.85. The summed E-state index contributed by atoms with van der Waals surface area (Å²) in [5, 5.41) is 9.64. The lowest BCUT2D eigenvalue weighted by Gasteiger charge is -2.16. The van der Waals surface area contributed by atoms with Crippen LogP contribution in [0.3, 0.4) is 0 Å². The van der Waals surface area contributed by atoms with Crippen LogP contribution in [0.2, 0.25) is 5.02 Å². The minimum absolute atomic E-state index is 0.0574. The summed E-state index contributed by atoms with van der Waals surface area (Å²) in [6.45, 7) is 2.80. The average molecular weight is 244 g/mol. The summed E-state index contributed by atoms with van der Waals surface area (Å²) in [7, 11) is 3.53. The lowest BCUT2D eigenvalue weighted by molar-refractivity contribution is 0.134. The Morgan fingerprint density at radius 2 is 2.12 bits per heavy atom. The van der Waals surface area contributed by atoms with Gasteiger partial charge >= 0.3 is 0 Å². The van der Waals surface area contributed by atoms with Crippen LogP contribution in [-0.2, 0) is 6.42 Å². The van der Waals surface area contributed by atoms with Gasteiger partial charge in [-0.1, -0.05) is 11.6 Å². The van der Waals surface area contributed by atoms with Gasteiger partial charge in [0.05, 0.1) is 13.8 Å². The maximum Gasteiger partial charge on any atom is 0.125 e. The molecule has 1 rings (SSSR count). The van der Waals surface area contributed by atoms with Gasteiger partial charge in [0.2, 0.25) is 0 Å². The van der Waals surface area contributed by atoms with Crippen LogP contribution < -0.4 is 4.74 Å². The van der Waals surface area contributed by atoms with Crippen LogP contribution in [0.15, 0.2) is 12.1 Å². The number of aliphatic hydroxyl groups excluding tert-OH is 1. The Morgan fingerprint density at radius 1 is 1.44 bits per heavy atom. The van der Waals surface area contributed by atoms with E-state index in [1.807, 2.05) is 31.0 Å². The van der Waals surface area contributed by atoms with E-state index in [-0.39, 0.29) is 6.73 Å². The first-order valence-electron chi connectivity index (χ1n) is 5.21. The molecular formula is C12H18ClNO2. The standard InChI is InChI=1S/C12H18ClNO2/c1-9-6-11(13)7-10(12(9)16-3)4-5-14(2)8-15/h6-7,15H,4-5,8H2,1-3H3. The second-order valence-electron chi connectivity index (χ2n) is 3.89. The lowest BCUT2D eigenvalue weighted by atomic mass is 10.1. The van der Waals surface area contributed by atoms with Gasteiger partial charge in [0.15, 0.2) is 0 Å². The smallest absolute Gasteiger partial charge is 0.125 e. The van der Waals surface area contributed by atoms with E-state index in [1.54, 1.807) is 7.11 Å². The van der Waals surface area contributed by atoms with Crippen molar-refractivity contribution in [2.45, 2.75) is 13.3 Å². The molecule has 0 spiro atoms. The molecule has 4 heteroatoms. The van der Waals surface area contributed by atoms with E-state index in [9.17, 15) is 0 Å². The molecule has 0 aliphatic rings. The molecule has 0 saturated heterocycles. The van der Waals surface area contributed by atoms with Crippen molar-refractivity contribution in [1.29, 1.82) is 0 Å². The van der Waals surface area contributed by atoms with Crippen LogP contribution in [0.5, 0.6) is 5.75 Å². The average Bonchev–Trinajstić information content (AvgIpc) is 2.25.